The van der Waals surface area contributed by atoms with E-state index in [9.17, 15) is 0 Å². The van der Waals surface area contributed by atoms with Crippen LogP contribution in [0.15, 0.2) is 12.3 Å². The number of hydrogen-bond donors (Lipinski definition) is 0. The van der Waals surface area contributed by atoms with Crippen LogP contribution in [-0.4, -0.2) is 39.1 Å². The Morgan fingerprint density at radius 3 is 2.80 bits per heavy atom. The number of alkyl halides is 1. The van der Waals surface area contributed by atoms with Crippen LogP contribution in [0.2, 0.25) is 0 Å². The second-order valence-electron chi connectivity index (χ2n) is 4.21. The van der Waals surface area contributed by atoms with Crippen LogP contribution >= 0.6 is 15.9 Å². The highest BCUT2D eigenvalue weighted by Gasteiger charge is 2.16. The van der Waals surface area contributed by atoms with Crippen LogP contribution < -0.4 is 0 Å². The zero-order valence-electron chi connectivity index (χ0n) is 9.19. The van der Waals surface area contributed by atoms with Gasteiger partial charge in [0.15, 0.2) is 0 Å². The average molecular weight is 272 g/mol. The highest BCUT2D eigenvalue weighted by Crippen LogP contribution is 2.17. The minimum atomic E-state index is 0.741. The van der Waals surface area contributed by atoms with Gasteiger partial charge in [0.05, 0.1) is 0 Å². The van der Waals surface area contributed by atoms with E-state index in [1.165, 1.54) is 38.2 Å². The van der Waals surface area contributed by atoms with E-state index < -0.39 is 0 Å². The topological polar surface area (TPSA) is 21.1 Å². The SMILES string of the molecule is Cn1nccc1CCN1CCC(Br)CC1. The van der Waals surface area contributed by atoms with Crippen molar-refractivity contribution in [1.29, 1.82) is 0 Å². The molecular weight excluding hydrogens is 254 g/mol. The third-order valence-corrected chi connectivity index (χ3v) is 4.04. The van der Waals surface area contributed by atoms with Gasteiger partial charge >= 0.3 is 0 Å². The molecular formula is C11H18BrN3. The minimum Gasteiger partial charge on any atom is -0.303 e. The standard InChI is InChI=1S/C11H18BrN3/c1-14-11(2-6-13-14)5-9-15-7-3-10(12)4-8-15/h2,6,10H,3-5,7-9H2,1H3. The summed E-state index contributed by atoms with van der Waals surface area (Å²) in [5.41, 5.74) is 1.33. The van der Waals surface area contributed by atoms with Gasteiger partial charge in [0.1, 0.15) is 0 Å². The van der Waals surface area contributed by atoms with E-state index in [1.807, 2.05) is 17.9 Å². The van der Waals surface area contributed by atoms with E-state index in [0.29, 0.717) is 0 Å². The molecule has 2 heterocycles. The molecule has 3 nitrogen and oxygen atoms in total. The summed E-state index contributed by atoms with van der Waals surface area (Å²) in [6, 6.07) is 2.11. The lowest BCUT2D eigenvalue weighted by Crippen LogP contribution is -2.35. The maximum atomic E-state index is 4.18. The summed E-state index contributed by atoms with van der Waals surface area (Å²) in [4.78, 5) is 3.29. The summed E-state index contributed by atoms with van der Waals surface area (Å²) in [6.07, 6.45) is 5.56. The Balaban J connectivity index is 1.77. The lowest BCUT2D eigenvalue weighted by molar-refractivity contribution is 0.235. The predicted molar refractivity (Wildman–Crippen MR) is 65.3 cm³/mol. The fourth-order valence-corrected chi connectivity index (χ4v) is 2.45. The Morgan fingerprint density at radius 1 is 1.47 bits per heavy atom. The van der Waals surface area contributed by atoms with Crippen LogP contribution in [0.25, 0.3) is 0 Å². The Labute approximate surface area is 99.6 Å². The van der Waals surface area contributed by atoms with Gasteiger partial charge in [0, 0.05) is 36.7 Å². The number of rotatable bonds is 3. The Morgan fingerprint density at radius 2 is 2.20 bits per heavy atom. The number of likely N-dealkylation sites (tertiary alicyclic amines) is 1. The minimum absolute atomic E-state index is 0.741. The van der Waals surface area contributed by atoms with E-state index in [1.54, 1.807) is 0 Å². The van der Waals surface area contributed by atoms with Crippen molar-refractivity contribution in [1.82, 2.24) is 14.7 Å². The van der Waals surface area contributed by atoms with Crippen LogP contribution in [0.5, 0.6) is 0 Å². The maximum Gasteiger partial charge on any atom is 0.0492 e. The molecule has 0 unspecified atom stereocenters. The van der Waals surface area contributed by atoms with Crippen molar-refractivity contribution >= 4 is 15.9 Å². The molecule has 1 aromatic rings. The average Bonchev–Trinajstić information content (AvgIpc) is 2.63. The summed E-state index contributed by atoms with van der Waals surface area (Å²) < 4.78 is 1.97. The van der Waals surface area contributed by atoms with Gasteiger partial charge in [-0.05, 0) is 32.0 Å². The van der Waals surface area contributed by atoms with Crippen LogP contribution in [-0.2, 0) is 13.5 Å². The van der Waals surface area contributed by atoms with Crippen molar-refractivity contribution in [2.45, 2.75) is 24.1 Å². The number of hydrogen-bond acceptors (Lipinski definition) is 2. The number of aromatic nitrogens is 2. The number of piperidine rings is 1. The summed E-state index contributed by atoms with van der Waals surface area (Å²) in [5.74, 6) is 0. The van der Waals surface area contributed by atoms with Crippen LogP contribution in [0, 0.1) is 0 Å². The molecule has 0 aromatic carbocycles. The Kier molecular flexibility index (Phi) is 3.81. The third-order valence-electron chi connectivity index (χ3n) is 3.12. The molecule has 4 heteroatoms. The molecule has 1 aliphatic rings. The van der Waals surface area contributed by atoms with Crippen molar-refractivity contribution in [3.8, 4) is 0 Å². The van der Waals surface area contributed by atoms with Crippen LogP contribution in [0.1, 0.15) is 18.5 Å². The van der Waals surface area contributed by atoms with E-state index in [4.69, 9.17) is 0 Å². The zero-order chi connectivity index (χ0) is 10.7. The van der Waals surface area contributed by atoms with E-state index in [2.05, 4.69) is 32.0 Å². The van der Waals surface area contributed by atoms with Crippen molar-refractivity contribution in [2.24, 2.45) is 7.05 Å². The summed E-state index contributed by atoms with van der Waals surface area (Å²) >= 11 is 3.68. The first-order valence-electron chi connectivity index (χ1n) is 5.59. The first-order valence-corrected chi connectivity index (χ1v) is 6.50. The van der Waals surface area contributed by atoms with Crippen LogP contribution in [0.3, 0.4) is 0 Å². The fourth-order valence-electron chi connectivity index (χ4n) is 2.04. The van der Waals surface area contributed by atoms with Crippen LogP contribution in [0.4, 0.5) is 0 Å². The smallest absolute Gasteiger partial charge is 0.0492 e. The molecule has 0 spiro atoms. The maximum absolute atomic E-state index is 4.18. The van der Waals surface area contributed by atoms with Gasteiger partial charge in [0.25, 0.3) is 0 Å². The molecule has 0 saturated carbocycles. The molecule has 0 bridgehead atoms. The third kappa shape index (κ3) is 3.05. The van der Waals surface area contributed by atoms with Gasteiger partial charge in [-0.3, -0.25) is 4.68 Å². The largest absolute Gasteiger partial charge is 0.303 e. The van der Waals surface area contributed by atoms with Gasteiger partial charge in [-0.25, -0.2) is 0 Å². The predicted octanol–water partition coefficient (Wildman–Crippen LogP) is 1.82. The molecule has 15 heavy (non-hydrogen) atoms. The summed E-state index contributed by atoms with van der Waals surface area (Å²) in [7, 11) is 2.01. The lowest BCUT2D eigenvalue weighted by Gasteiger charge is -2.29. The van der Waals surface area contributed by atoms with Crippen molar-refractivity contribution < 1.29 is 0 Å². The first kappa shape index (κ1) is 11.1. The first-order chi connectivity index (χ1) is 7.25. The molecule has 1 aliphatic heterocycles. The Bertz CT molecular complexity index is 303. The molecule has 84 valence electrons. The normalized spacial score (nSPS) is 19.6. The molecule has 0 atom stereocenters. The van der Waals surface area contributed by atoms with E-state index in [0.717, 1.165) is 11.2 Å². The van der Waals surface area contributed by atoms with E-state index in [-0.39, 0.29) is 0 Å². The van der Waals surface area contributed by atoms with Crippen molar-refractivity contribution in [2.75, 3.05) is 19.6 Å². The zero-order valence-corrected chi connectivity index (χ0v) is 10.8. The molecule has 0 aliphatic carbocycles. The number of halogens is 1. The Hall–Kier alpha value is -0.350. The second kappa shape index (κ2) is 5.12. The molecule has 0 amide bonds. The molecule has 2 rings (SSSR count). The quantitative estimate of drug-likeness (QED) is 0.783. The molecule has 1 saturated heterocycles. The monoisotopic (exact) mass is 271 g/mol. The summed E-state index contributed by atoms with van der Waals surface area (Å²) in [6.45, 7) is 3.63. The number of nitrogens with zero attached hydrogens (tertiary/aromatic N) is 3. The fraction of sp³-hybridized carbons (Fsp3) is 0.727. The van der Waals surface area contributed by atoms with Crippen molar-refractivity contribution in [3.05, 3.63) is 18.0 Å². The lowest BCUT2D eigenvalue weighted by atomic mass is 10.1. The van der Waals surface area contributed by atoms with E-state index >= 15 is 0 Å². The molecule has 0 radical (unpaired) electrons. The van der Waals surface area contributed by atoms with Gasteiger partial charge in [-0.2, -0.15) is 5.10 Å². The molecule has 1 fully saturated rings. The highest BCUT2D eigenvalue weighted by molar-refractivity contribution is 9.09. The second-order valence-corrected chi connectivity index (χ2v) is 5.51. The van der Waals surface area contributed by atoms with Gasteiger partial charge in [-0.15, -0.1) is 0 Å². The molecule has 1 aromatic heterocycles. The van der Waals surface area contributed by atoms with Gasteiger partial charge in [-0.1, -0.05) is 15.9 Å². The van der Waals surface area contributed by atoms with Gasteiger partial charge in [0.2, 0.25) is 0 Å². The van der Waals surface area contributed by atoms with Crippen molar-refractivity contribution in [3.63, 3.8) is 0 Å². The number of aryl methyl sites for hydroxylation is 1. The summed E-state index contributed by atoms with van der Waals surface area (Å²) in [5, 5.41) is 4.18. The molecule has 0 N–H and O–H groups in total. The van der Waals surface area contributed by atoms with Gasteiger partial charge < -0.3 is 4.90 Å². The highest BCUT2D eigenvalue weighted by atomic mass is 79.9.